The molecule has 0 aliphatic rings. The second kappa shape index (κ2) is 11.4. The molecule has 0 aliphatic heterocycles. The Balaban J connectivity index is 1.30. The van der Waals surface area contributed by atoms with Crippen LogP contribution in [0.5, 0.6) is 0 Å². The zero-order valence-corrected chi connectivity index (χ0v) is 23.4. The molecule has 41 heavy (non-hydrogen) atoms. The first kappa shape index (κ1) is 26.5. The maximum absolute atomic E-state index is 13.4. The standard InChI is InChI=1S/C34H24N2O3S2/c35-27-13-5-7-15-31(27)40-29-19-17-25(21-9-1-3-11-23(21)29)33(37)39-34(38)26-18-20-30(24-12-4-2-10-22(24)26)41-32-16-8-6-14-28(32)36/h1-20H,35-36H2. The Morgan fingerprint density at radius 2 is 0.805 bits per heavy atom. The molecule has 0 spiro atoms. The highest BCUT2D eigenvalue weighted by Crippen LogP contribution is 2.39. The number of fused-ring (bicyclic) bond motifs is 2. The Bertz CT molecular complexity index is 1810. The molecule has 0 heterocycles. The Hall–Kier alpha value is -4.72. The van der Waals surface area contributed by atoms with Crippen LogP contribution in [-0.4, -0.2) is 11.9 Å². The molecule has 0 aromatic heterocycles. The van der Waals surface area contributed by atoms with E-state index in [-0.39, 0.29) is 0 Å². The molecule has 0 bridgehead atoms. The predicted molar refractivity (Wildman–Crippen MR) is 168 cm³/mol. The lowest BCUT2D eigenvalue weighted by Crippen LogP contribution is -2.14. The molecular formula is C34H24N2O3S2. The van der Waals surface area contributed by atoms with Crippen LogP contribution in [0, 0.1) is 0 Å². The van der Waals surface area contributed by atoms with Crippen molar-refractivity contribution in [2.45, 2.75) is 19.6 Å². The average Bonchev–Trinajstić information content (AvgIpc) is 2.99. The summed E-state index contributed by atoms with van der Waals surface area (Å²) in [6, 6.07) is 37.5. The second-order valence-electron chi connectivity index (χ2n) is 9.27. The van der Waals surface area contributed by atoms with Crippen LogP contribution in [0.15, 0.2) is 141 Å². The van der Waals surface area contributed by atoms with Gasteiger partial charge in [-0.05, 0) is 70.1 Å². The monoisotopic (exact) mass is 572 g/mol. The minimum Gasteiger partial charge on any atom is -0.398 e. The fourth-order valence-electron chi connectivity index (χ4n) is 4.65. The minimum atomic E-state index is -0.707. The van der Waals surface area contributed by atoms with Crippen LogP contribution in [0.25, 0.3) is 21.5 Å². The third kappa shape index (κ3) is 5.37. The predicted octanol–water partition coefficient (Wildman–Crippen LogP) is 8.46. The number of anilines is 2. The summed E-state index contributed by atoms with van der Waals surface area (Å²) in [6.45, 7) is 0. The van der Waals surface area contributed by atoms with Crippen LogP contribution in [0.1, 0.15) is 20.7 Å². The molecule has 5 nitrogen and oxygen atoms in total. The molecule has 0 radical (unpaired) electrons. The van der Waals surface area contributed by atoms with Gasteiger partial charge in [0.05, 0.1) is 11.1 Å². The Morgan fingerprint density at radius 3 is 1.22 bits per heavy atom. The molecule has 7 heteroatoms. The number of carbonyl (C=O) groups is 2. The summed E-state index contributed by atoms with van der Waals surface area (Å²) < 4.78 is 5.46. The first-order valence-corrected chi connectivity index (χ1v) is 14.5. The number of carbonyl (C=O) groups excluding carboxylic acids is 2. The highest BCUT2D eigenvalue weighted by Gasteiger charge is 2.21. The molecule has 6 aromatic carbocycles. The van der Waals surface area contributed by atoms with Crippen LogP contribution < -0.4 is 11.5 Å². The average molecular weight is 573 g/mol. The van der Waals surface area contributed by atoms with Crippen molar-refractivity contribution in [3.63, 3.8) is 0 Å². The molecule has 0 unspecified atom stereocenters. The lowest BCUT2D eigenvalue weighted by atomic mass is 10.0. The number of ether oxygens (including phenoxy) is 1. The van der Waals surface area contributed by atoms with E-state index in [1.54, 1.807) is 12.1 Å². The minimum absolute atomic E-state index is 0.315. The summed E-state index contributed by atoms with van der Waals surface area (Å²) in [7, 11) is 0. The van der Waals surface area contributed by atoms with Gasteiger partial charge in [0.25, 0.3) is 0 Å². The zero-order chi connectivity index (χ0) is 28.3. The Kier molecular flexibility index (Phi) is 7.37. The molecule has 0 saturated heterocycles. The lowest BCUT2D eigenvalue weighted by Gasteiger charge is -2.13. The van der Waals surface area contributed by atoms with E-state index in [1.165, 1.54) is 23.5 Å². The molecule has 0 saturated carbocycles. The third-order valence-corrected chi connectivity index (χ3v) is 9.01. The molecular weight excluding hydrogens is 549 g/mol. The van der Waals surface area contributed by atoms with Crippen LogP contribution >= 0.6 is 23.5 Å². The summed E-state index contributed by atoms with van der Waals surface area (Å²) in [5, 5.41) is 3.13. The number of para-hydroxylation sites is 2. The van der Waals surface area contributed by atoms with Gasteiger partial charge < -0.3 is 16.2 Å². The van der Waals surface area contributed by atoms with Crippen LogP contribution in [0.2, 0.25) is 0 Å². The molecule has 0 atom stereocenters. The highest BCUT2D eigenvalue weighted by atomic mass is 32.2. The maximum atomic E-state index is 13.4. The van der Waals surface area contributed by atoms with Crippen molar-refractivity contribution in [2.75, 3.05) is 11.5 Å². The van der Waals surface area contributed by atoms with Crippen molar-refractivity contribution in [1.82, 2.24) is 0 Å². The summed E-state index contributed by atoms with van der Waals surface area (Å²) >= 11 is 3.05. The van der Waals surface area contributed by atoms with Gasteiger partial charge in [-0.1, -0.05) is 96.3 Å². The number of nitrogen functional groups attached to an aromatic ring is 2. The molecule has 0 fully saturated rings. The summed E-state index contributed by atoms with van der Waals surface area (Å²) in [5.41, 5.74) is 14.3. The number of rotatable bonds is 6. The quantitative estimate of drug-likeness (QED) is 0.117. The van der Waals surface area contributed by atoms with E-state index in [1.807, 2.05) is 109 Å². The molecule has 4 N–H and O–H groups in total. The summed E-state index contributed by atoms with van der Waals surface area (Å²) in [6.07, 6.45) is 0. The van der Waals surface area contributed by atoms with Gasteiger partial charge in [0.15, 0.2) is 0 Å². The van der Waals surface area contributed by atoms with Gasteiger partial charge in [-0.15, -0.1) is 0 Å². The van der Waals surface area contributed by atoms with Crippen LogP contribution in [0.3, 0.4) is 0 Å². The van der Waals surface area contributed by atoms with E-state index in [0.29, 0.717) is 33.3 Å². The fraction of sp³-hybridized carbons (Fsp3) is 0. The van der Waals surface area contributed by atoms with Gasteiger partial charge in [-0.2, -0.15) is 0 Å². The Morgan fingerprint density at radius 1 is 0.439 bits per heavy atom. The number of hydrogen-bond donors (Lipinski definition) is 2. The normalized spacial score (nSPS) is 11.0. The number of hydrogen-bond acceptors (Lipinski definition) is 7. The first-order valence-electron chi connectivity index (χ1n) is 12.8. The highest BCUT2D eigenvalue weighted by molar-refractivity contribution is 8.00. The topological polar surface area (TPSA) is 95.4 Å². The summed E-state index contributed by atoms with van der Waals surface area (Å²) in [4.78, 5) is 30.5. The molecule has 6 rings (SSSR count). The van der Waals surface area contributed by atoms with E-state index >= 15 is 0 Å². The van der Waals surface area contributed by atoms with Crippen molar-refractivity contribution < 1.29 is 14.3 Å². The van der Waals surface area contributed by atoms with E-state index in [9.17, 15) is 9.59 Å². The first-order chi connectivity index (χ1) is 20.0. The van der Waals surface area contributed by atoms with Gasteiger partial charge in [-0.25, -0.2) is 9.59 Å². The van der Waals surface area contributed by atoms with E-state index in [2.05, 4.69) is 0 Å². The van der Waals surface area contributed by atoms with Crippen LogP contribution in [0.4, 0.5) is 11.4 Å². The van der Waals surface area contributed by atoms with Crippen LogP contribution in [-0.2, 0) is 4.74 Å². The van der Waals surface area contributed by atoms with Gasteiger partial charge in [0.1, 0.15) is 0 Å². The fourth-order valence-corrected chi connectivity index (χ4v) is 6.64. The van der Waals surface area contributed by atoms with Crippen molar-refractivity contribution in [2.24, 2.45) is 0 Å². The Labute approximate surface area is 245 Å². The van der Waals surface area contributed by atoms with Crippen molar-refractivity contribution >= 4 is 68.4 Å². The van der Waals surface area contributed by atoms with Gasteiger partial charge >= 0.3 is 11.9 Å². The third-order valence-electron chi connectivity index (χ3n) is 6.67. The second-order valence-corrected chi connectivity index (χ2v) is 11.4. The van der Waals surface area contributed by atoms with Gasteiger partial charge in [-0.3, -0.25) is 0 Å². The van der Waals surface area contributed by atoms with E-state index in [4.69, 9.17) is 16.2 Å². The maximum Gasteiger partial charge on any atom is 0.346 e. The molecule has 0 amide bonds. The molecule has 6 aromatic rings. The molecule has 200 valence electrons. The van der Waals surface area contributed by atoms with E-state index < -0.39 is 11.9 Å². The van der Waals surface area contributed by atoms with Gasteiger partial charge in [0.2, 0.25) is 0 Å². The number of nitrogens with two attached hydrogens (primary N) is 2. The number of benzene rings is 6. The largest absolute Gasteiger partial charge is 0.398 e. The van der Waals surface area contributed by atoms with Crippen molar-refractivity contribution in [3.05, 3.63) is 132 Å². The smallest absolute Gasteiger partial charge is 0.346 e. The summed E-state index contributed by atoms with van der Waals surface area (Å²) in [5.74, 6) is -1.41. The molecule has 0 aliphatic carbocycles. The SMILES string of the molecule is Nc1ccccc1Sc1ccc(C(=O)OC(=O)c2ccc(Sc3ccccc3N)c3ccccc23)c2ccccc12. The van der Waals surface area contributed by atoms with E-state index in [0.717, 1.165) is 30.4 Å². The van der Waals surface area contributed by atoms with Gasteiger partial charge in [0, 0.05) is 31.0 Å². The number of esters is 2. The van der Waals surface area contributed by atoms with Crippen molar-refractivity contribution in [1.29, 1.82) is 0 Å². The lowest BCUT2D eigenvalue weighted by molar-refractivity contribution is 0.0400. The zero-order valence-electron chi connectivity index (χ0n) is 21.7. The van der Waals surface area contributed by atoms with Crippen molar-refractivity contribution in [3.8, 4) is 0 Å².